The van der Waals surface area contributed by atoms with E-state index in [1.165, 1.54) is 19.4 Å². The molecule has 0 fully saturated rings. The Morgan fingerprint density at radius 2 is 1.71 bits per heavy atom. The molecular weight excluding hydrogens is 337 g/mol. The van der Waals surface area contributed by atoms with E-state index in [4.69, 9.17) is 39.5 Å². The van der Waals surface area contributed by atoms with Crippen molar-refractivity contribution < 1.29 is 14.3 Å². The molecule has 0 aliphatic heterocycles. The van der Waals surface area contributed by atoms with Crippen molar-refractivity contribution in [1.29, 1.82) is 0 Å². The van der Waals surface area contributed by atoms with Gasteiger partial charge in [-0.3, -0.25) is 9.59 Å². The van der Waals surface area contributed by atoms with Crippen LogP contribution in [0.4, 0.5) is 0 Å². The molecule has 0 amide bonds. The van der Waals surface area contributed by atoms with E-state index < -0.39 is 9.58 Å². The fourth-order valence-electron chi connectivity index (χ4n) is 1.72. The summed E-state index contributed by atoms with van der Waals surface area (Å²) in [4.78, 5) is 26.7. The first kappa shape index (κ1) is 15.9. The summed E-state index contributed by atoms with van der Waals surface area (Å²) in [6, 6.07) is 7.96. The molecule has 2 aromatic rings. The molecule has 0 saturated heterocycles. The number of H-pyrrole nitrogens is 1. The predicted octanol–water partition coefficient (Wildman–Crippen LogP) is 3.81. The molecule has 1 N–H and O–H groups in total. The normalized spacial score (nSPS) is 11.2. The van der Waals surface area contributed by atoms with Gasteiger partial charge in [-0.2, -0.15) is 0 Å². The van der Waals surface area contributed by atoms with Crippen LogP contribution in [0, 0.1) is 0 Å². The van der Waals surface area contributed by atoms with Crippen molar-refractivity contribution >= 4 is 46.4 Å². The van der Waals surface area contributed by atoms with Gasteiger partial charge in [0.25, 0.3) is 3.79 Å². The third-order valence-electron chi connectivity index (χ3n) is 2.80. The summed E-state index contributed by atoms with van der Waals surface area (Å²) in [7, 11) is 1.54. The van der Waals surface area contributed by atoms with Crippen molar-refractivity contribution in [1.82, 2.24) is 4.98 Å². The molecule has 7 heteroatoms. The Kier molecular flexibility index (Phi) is 4.61. The first-order chi connectivity index (χ1) is 9.82. The molecular formula is C14H10Cl3NO3. The number of hydrogen-bond donors (Lipinski definition) is 1. The van der Waals surface area contributed by atoms with E-state index in [0.29, 0.717) is 16.9 Å². The standard InChI is InChI=1S/C14H10Cl3NO3/c1-21-10-4-2-8(3-5-10)12(19)9-6-11(18-7-9)13(20)14(15,16)17/h2-7,18H,1H3. The molecule has 21 heavy (non-hydrogen) atoms. The third kappa shape index (κ3) is 3.59. The van der Waals surface area contributed by atoms with E-state index >= 15 is 0 Å². The lowest BCUT2D eigenvalue weighted by molar-refractivity contribution is 0.0992. The zero-order valence-corrected chi connectivity index (χ0v) is 13.1. The number of aromatic amines is 1. The largest absolute Gasteiger partial charge is 0.497 e. The van der Waals surface area contributed by atoms with Crippen LogP contribution in [0.15, 0.2) is 36.5 Å². The van der Waals surface area contributed by atoms with Gasteiger partial charge in [0.1, 0.15) is 5.75 Å². The molecule has 4 nitrogen and oxygen atoms in total. The number of benzene rings is 1. The first-order valence-electron chi connectivity index (χ1n) is 5.81. The van der Waals surface area contributed by atoms with E-state index in [0.717, 1.165) is 0 Å². The highest BCUT2D eigenvalue weighted by molar-refractivity contribution is 6.77. The number of methoxy groups -OCH3 is 1. The van der Waals surface area contributed by atoms with Gasteiger partial charge in [0.2, 0.25) is 5.78 Å². The molecule has 1 aromatic carbocycles. The number of nitrogens with one attached hydrogen (secondary N) is 1. The summed E-state index contributed by atoms with van der Waals surface area (Å²) in [5, 5.41) is 0. The van der Waals surface area contributed by atoms with Gasteiger partial charge in [0.15, 0.2) is 5.78 Å². The van der Waals surface area contributed by atoms with Crippen LogP contribution in [0.5, 0.6) is 5.75 Å². The minimum Gasteiger partial charge on any atom is -0.497 e. The average Bonchev–Trinajstić information content (AvgIpc) is 2.94. The van der Waals surface area contributed by atoms with Crippen LogP contribution in [0.2, 0.25) is 0 Å². The molecule has 1 aromatic heterocycles. The molecule has 0 aliphatic rings. The highest BCUT2D eigenvalue weighted by Crippen LogP contribution is 2.30. The maximum Gasteiger partial charge on any atom is 0.254 e. The summed E-state index contributed by atoms with van der Waals surface area (Å²) in [5.41, 5.74) is 0.826. The topological polar surface area (TPSA) is 59.2 Å². The minimum absolute atomic E-state index is 0.0619. The molecule has 1 heterocycles. The second-order valence-electron chi connectivity index (χ2n) is 4.19. The summed E-state index contributed by atoms with van der Waals surface area (Å²) in [6.07, 6.45) is 1.40. The average molecular weight is 347 g/mol. The first-order valence-corrected chi connectivity index (χ1v) is 6.95. The Hall–Kier alpha value is -1.49. The summed E-state index contributed by atoms with van der Waals surface area (Å²) in [6.45, 7) is 0. The fraction of sp³-hybridized carbons (Fsp3) is 0.143. The number of ketones is 2. The summed E-state index contributed by atoms with van der Waals surface area (Å²) in [5.74, 6) is -0.328. The van der Waals surface area contributed by atoms with Crippen molar-refractivity contribution in [2.45, 2.75) is 3.79 Å². The number of halogens is 3. The quantitative estimate of drug-likeness (QED) is 0.676. The zero-order chi connectivity index (χ0) is 15.6. The van der Waals surface area contributed by atoms with Gasteiger partial charge in [-0.15, -0.1) is 0 Å². The van der Waals surface area contributed by atoms with Crippen LogP contribution in [-0.4, -0.2) is 27.5 Å². The van der Waals surface area contributed by atoms with Gasteiger partial charge in [-0.25, -0.2) is 0 Å². The Balaban J connectivity index is 2.24. The molecule has 0 spiro atoms. The second-order valence-corrected chi connectivity index (χ2v) is 6.47. The smallest absolute Gasteiger partial charge is 0.254 e. The Labute approximate surface area is 136 Å². The zero-order valence-electron chi connectivity index (χ0n) is 10.8. The molecule has 110 valence electrons. The van der Waals surface area contributed by atoms with Crippen molar-refractivity contribution in [3.63, 3.8) is 0 Å². The number of Topliss-reactive ketones (excluding diaryl/α,β-unsaturated/α-hetero) is 1. The lowest BCUT2D eigenvalue weighted by atomic mass is 10.1. The molecule has 0 radical (unpaired) electrons. The van der Waals surface area contributed by atoms with Crippen molar-refractivity contribution in [3.8, 4) is 5.75 Å². The predicted molar refractivity (Wildman–Crippen MR) is 81.8 cm³/mol. The van der Waals surface area contributed by atoms with Gasteiger partial charge in [0, 0.05) is 17.3 Å². The van der Waals surface area contributed by atoms with Gasteiger partial charge in [0.05, 0.1) is 12.8 Å². The molecule has 0 unspecified atom stereocenters. The number of rotatable bonds is 4. The Morgan fingerprint density at radius 1 is 1.10 bits per heavy atom. The van der Waals surface area contributed by atoms with Gasteiger partial charge in [-0.1, -0.05) is 34.8 Å². The maximum absolute atomic E-state index is 12.3. The lowest BCUT2D eigenvalue weighted by Crippen LogP contribution is -2.19. The molecule has 0 aliphatic carbocycles. The van der Waals surface area contributed by atoms with Crippen LogP contribution < -0.4 is 4.74 Å². The second kappa shape index (κ2) is 6.10. The summed E-state index contributed by atoms with van der Waals surface area (Å²) < 4.78 is 2.96. The van der Waals surface area contributed by atoms with Crippen molar-refractivity contribution in [2.24, 2.45) is 0 Å². The molecule has 0 atom stereocenters. The number of carbonyl (C=O) groups excluding carboxylic acids is 2. The Morgan fingerprint density at radius 3 is 2.24 bits per heavy atom. The van der Waals surface area contributed by atoms with Gasteiger partial charge in [-0.05, 0) is 30.3 Å². The van der Waals surface area contributed by atoms with Crippen LogP contribution in [0.3, 0.4) is 0 Å². The lowest BCUT2D eigenvalue weighted by Gasteiger charge is -2.06. The van der Waals surface area contributed by atoms with Gasteiger partial charge >= 0.3 is 0 Å². The van der Waals surface area contributed by atoms with Crippen molar-refractivity contribution in [3.05, 3.63) is 53.3 Å². The fourth-order valence-corrected chi connectivity index (χ4v) is 2.02. The number of alkyl halides is 3. The van der Waals surface area contributed by atoms with Crippen LogP contribution in [0.1, 0.15) is 26.4 Å². The van der Waals surface area contributed by atoms with E-state index in [2.05, 4.69) is 4.98 Å². The number of ether oxygens (including phenoxy) is 1. The van der Waals surface area contributed by atoms with E-state index in [-0.39, 0.29) is 11.5 Å². The number of carbonyl (C=O) groups is 2. The number of hydrogen-bond acceptors (Lipinski definition) is 3. The molecule has 0 bridgehead atoms. The highest BCUT2D eigenvalue weighted by Gasteiger charge is 2.33. The van der Waals surface area contributed by atoms with E-state index in [1.807, 2.05) is 0 Å². The molecule has 0 saturated carbocycles. The van der Waals surface area contributed by atoms with Crippen LogP contribution in [-0.2, 0) is 0 Å². The van der Waals surface area contributed by atoms with Crippen LogP contribution in [0.25, 0.3) is 0 Å². The SMILES string of the molecule is COc1ccc(C(=O)c2c[nH]c(C(=O)C(Cl)(Cl)Cl)c2)cc1. The monoisotopic (exact) mass is 345 g/mol. The summed E-state index contributed by atoms with van der Waals surface area (Å²) >= 11 is 16.6. The van der Waals surface area contributed by atoms with Crippen LogP contribution >= 0.6 is 34.8 Å². The van der Waals surface area contributed by atoms with Gasteiger partial charge < -0.3 is 9.72 Å². The third-order valence-corrected chi connectivity index (χ3v) is 3.31. The van der Waals surface area contributed by atoms with E-state index in [9.17, 15) is 9.59 Å². The van der Waals surface area contributed by atoms with Crippen molar-refractivity contribution in [2.75, 3.05) is 7.11 Å². The highest BCUT2D eigenvalue weighted by atomic mass is 35.6. The maximum atomic E-state index is 12.3. The van der Waals surface area contributed by atoms with E-state index in [1.54, 1.807) is 24.3 Å². The Bertz CT molecular complexity index is 672. The molecule has 2 rings (SSSR count). The minimum atomic E-state index is -2.06. The number of aromatic nitrogens is 1.